The highest BCUT2D eigenvalue weighted by atomic mass is 16.6. The lowest BCUT2D eigenvalue weighted by Gasteiger charge is -2.42. The van der Waals surface area contributed by atoms with Crippen LogP contribution in [0.4, 0.5) is 11.4 Å². The van der Waals surface area contributed by atoms with Gasteiger partial charge < -0.3 is 25.2 Å². The smallest absolute Gasteiger partial charge is 0.296 e. The number of ether oxygens (including phenoxy) is 2. The lowest BCUT2D eigenvalue weighted by molar-refractivity contribution is -0.384. The predicted molar refractivity (Wildman–Crippen MR) is 119 cm³/mol. The van der Waals surface area contributed by atoms with E-state index in [1.54, 1.807) is 51.3 Å². The maximum Gasteiger partial charge on any atom is 0.296 e. The number of nitrogens with one attached hydrogen (secondary N) is 2. The predicted octanol–water partition coefficient (Wildman–Crippen LogP) is 3.22. The van der Waals surface area contributed by atoms with Crippen LogP contribution in [-0.2, 0) is 0 Å². The number of carbonyl (C=O) groups excluding carboxylic acids is 1. The quantitative estimate of drug-likeness (QED) is 0.324. The third-order valence-electron chi connectivity index (χ3n) is 5.90. The first-order valence-electron chi connectivity index (χ1n) is 10.6. The van der Waals surface area contributed by atoms with E-state index in [1.165, 1.54) is 6.07 Å². The average Bonchev–Trinajstić information content (AvgIpc) is 3.59. The maximum atomic E-state index is 12.6. The van der Waals surface area contributed by atoms with E-state index in [9.17, 15) is 20.0 Å². The van der Waals surface area contributed by atoms with Crippen molar-refractivity contribution in [2.45, 2.75) is 50.5 Å². The number of hydrogen-bond donors (Lipinski definition) is 3. The second-order valence-electron chi connectivity index (χ2n) is 8.74. The molecule has 0 aromatic heterocycles. The number of anilines is 1. The van der Waals surface area contributed by atoms with Gasteiger partial charge in [0.2, 0.25) is 0 Å². The van der Waals surface area contributed by atoms with E-state index < -0.39 is 22.7 Å². The van der Waals surface area contributed by atoms with Gasteiger partial charge in [-0.25, -0.2) is 0 Å². The number of benzene rings is 2. The number of methoxy groups -OCH3 is 1. The molecule has 2 aromatic rings. The minimum Gasteiger partial charge on any atom is -0.497 e. The molecule has 0 saturated heterocycles. The molecule has 9 nitrogen and oxygen atoms in total. The molecule has 0 unspecified atom stereocenters. The number of carbonyl (C=O) groups is 1. The van der Waals surface area contributed by atoms with Gasteiger partial charge >= 0.3 is 0 Å². The Kier molecular flexibility index (Phi) is 5.79. The first-order chi connectivity index (χ1) is 15.2. The number of rotatable bonds is 8. The summed E-state index contributed by atoms with van der Waals surface area (Å²) in [5, 5.41) is 29.0. The van der Waals surface area contributed by atoms with Crippen LogP contribution in [-0.4, -0.2) is 47.2 Å². The summed E-state index contributed by atoms with van der Waals surface area (Å²) in [4.78, 5) is 23.8. The molecule has 1 heterocycles. The van der Waals surface area contributed by atoms with Crippen molar-refractivity contribution in [2.75, 3.05) is 19.0 Å². The molecule has 32 heavy (non-hydrogen) atoms. The highest BCUT2D eigenvalue weighted by Crippen LogP contribution is 2.45. The number of fused-ring (bicyclic) bond motifs is 1. The Morgan fingerprint density at radius 3 is 2.56 bits per heavy atom. The SMILES string of the molecule is COc1ccc(C(=O)CNc2cc3c(cc2[N+](=O)[O-])OC(C)(C)[C@H](O)[C@H]3NC2CC2)cc1. The van der Waals surface area contributed by atoms with Gasteiger partial charge in [-0.2, -0.15) is 0 Å². The van der Waals surface area contributed by atoms with Gasteiger partial charge in [0, 0.05) is 17.2 Å². The van der Waals surface area contributed by atoms with E-state index in [4.69, 9.17) is 9.47 Å². The van der Waals surface area contributed by atoms with Crippen LogP contribution in [0.1, 0.15) is 48.7 Å². The van der Waals surface area contributed by atoms with Crippen molar-refractivity contribution in [3.8, 4) is 11.5 Å². The topological polar surface area (TPSA) is 123 Å². The van der Waals surface area contributed by atoms with Crippen LogP contribution in [0.5, 0.6) is 11.5 Å². The second kappa shape index (κ2) is 8.40. The van der Waals surface area contributed by atoms with Crippen molar-refractivity contribution in [2.24, 2.45) is 0 Å². The zero-order valence-electron chi connectivity index (χ0n) is 18.3. The molecule has 0 radical (unpaired) electrons. The lowest BCUT2D eigenvalue weighted by atomic mass is 9.86. The molecule has 170 valence electrons. The van der Waals surface area contributed by atoms with Crippen molar-refractivity contribution < 1.29 is 24.3 Å². The van der Waals surface area contributed by atoms with E-state index >= 15 is 0 Å². The Bertz CT molecular complexity index is 1030. The van der Waals surface area contributed by atoms with E-state index in [2.05, 4.69) is 10.6 Å². The fourth-order valence-electron chi connectivity index (χ4n) is 3.86. The van der Waals surface area contributed by atoms with Gasteiger partial charge in [-0.3, -0.25) is 14.9 Å². The molecule has 1 aliphatic carbocycles. The Morgan fingerprint density at radius 2 is 1.97 bits per heavy atom. The molecule has 0 amide bonds. The summed E-state index contributed by atoms with van der Waals surface area (Å²) in [6.07, 6.45) is 1.20. The van der Waals surface area contributed by atoms with Crippen LogP contribution in [0.2, 0.25) is 0 Å². The fourth-order valence-corrected chi connectivity index (χ4v) is 3.86. The van der Waals surface area contributed by atoms with Gasteiger partial charge in [0.1, 0.15) is 28.9 Å². The van der Waals surface area contributed by atoms with Gasteiger partial charge in [-0.05, 0) is 57.0 Å². The number of hydrogen-bond acceptors (Lipinski definition) is 8. The normalized spacial score (nSPS) is 21.2. The summed E-state index contributed by atoms with van der Waals surface area (Å²) < 4.78 is 11.0. The Labute approximate surface area is 185 Å². The van der Waals surface area contributed by atoms with Crippen molar-refractivity contribution in [1.29, 1.82) is 0 Å². The molecule has 3 N–H and O–H groups in total. The van der Waals surface area contributed by atoms with Gasteiger partial charge in [-0.1, -0.05) is 0 Å². The molecule has 2 aliphatic rings. The third kappa shape index (κ3) is 4.39. The molecule has 0 bridgehead atoms. The Hall–Kier alpha value is -3.17. The van der Waals surface area contributed by atoms with Crippen LogP contribution < -0.4 is 20.1 Å². The lowest BCUT2D eigenvalue weighted by Crippen LogP contribution is -2.53. The summed E-state index contributed by atoms with van der Waals surface area (Å²) >= 11 is 0. The van der Waals surface area contributed by atoms with Crippen molar-refractivity contribution in [1.82, 2.24) is 5.32 Å². The number of ketones is 1. The van der Waals surface area contributed by atoms with Gasteiger partial charge in [0.15, 0.2) is 5.78 Å². The van der Waals surface area contributed by atoms with Crippen molar-refractivity contribution >= 4 is 17.2 Å². The highest BCUT2D eigenvalue weighted by Gasteiger charge is 2.45. The fraction of sp³-hybridized carbons (Fsp3) is 0.435. The average molecular weight is 441 g/mol. The third-order valence-corrected chi connectivity index (χ3v) is 5.90. The molecular formula is C23H27N3O6. The van der Waals surface area contributed by atoms with E-state index in [0.29, 0.717) is 28.7 Å². The van der Waals surface area contributed by atoms with Gasteiger partial charge in [0.25, 0.3) is 5.69 Å². The van der Waals surface area contributed by atoms with Crippen molar-refractivity contribution in [3.05, 3.63) is 57.6 Å². The van der Waals surface area contributed by atoms with E-state index in [-0.39, 0.29) is 23.7 Å². The maximum absolute atomic E-state index is 12.6. The summed E-state index contributed by atoms with van der Waals surface area (Å²) in [7, 11) is 1.54. The van der Waals surface area contributed by atoms with Crippen LogP contribution in [0.15, 0.2) is 36.4 Å². The molecule has 1 fully saturated rings. The molecule has 1 aliphatic heterocycles. The molecule has 9 heteroatoms. The first-order valence-corrected chi connectivity index (χ1v) is 10.6. The standard InChI is InChI=1S/C23H27N3O6/c1-23(2)22(28)21(25-14-6-7-14)16-10-17(18(26(29)30)11-20(16)32-23)24-12-19(27)13-4-8-15(31-3)9-5-13/h4-5,8-11,14,21-22,24-25,28H,6-7,12H2,1-3H3/t21-,22+/m0/s1. The zero-order chi connectivity index (χ0) is 23.0. The number of nitrogens with zero attached hydrogens (tertiary/aromatic N) is 1. The molecule has 2 atom stereocenters. The van der Waals surface area contributed by atoms with Crippen LogP contribution in [0.25, 0.3) is 0 Å². The second-order valence-corrected chi connectivity index (χ2v) is 8.74. The number of Topliss-reactive ketones (excluding diaryl/α,β-unsaturated/α-hetero) is 1. The minimum absolute atomic E-state index is 0.123. The van der Waals surface area contributed by atoms with E-state index in [0.717, 1.165) is 12.8 Å². The Balaban J connectivity index is 1.62. The largest absolute Gasteiger partial charge is 0.497 e. The van der Waals surface area contributed by atoms with E-state index in [1.807, 2.05) is 0 Å². The number of nitro groups is 1. The number of aliphatic hydroxyl groups is 1. The van der Waals surface area contributed by atoms with Gasteiger partial charge in [0.05, 0.1) is 30.7 Å². The molecule has 4 rings (SSSR count). The molecule has 2 aromatic carbocycles. The molecule has 0 spiro atoms. The van der Waals surface area contributed by atoms with Crippen LogP contribution in [0, 0.1) is 10.1 Å². The Morgan fingerprint density at radius 1 is 1.28 bits per heavy atom. The van der Waals surface area contributed by atoms with Crippen LogP contribution in [0.3, 0.4) is 0 Å². The number of aliphatic hydroxyl groups excluding tert-OH is 1. The van der Waals surface area contributed by atoms with Gasteiger partial charge in [-0.15, -0.1) is 0 Å². The summed E-state index contributed by atoms with van der Waals surface area (Å²) in [6, 6.07) is 9.50. The molecular weight excluding hydrogens is 414 g/mol. The highest BCUT2D eigenvalue weighted by molar-refractivity contribution is 5.99. The monoisotopic (exact) mass is 441 g/mol. The van der Waals surface area contributed by atoms with Crippen LogP contribution >= 0.6 is 0 Å². The molecule has 1 saturated carbocycles. The summed E-state index contributed by atoms with van der Waals surface area (Å²) in [5.74, 6) is 0.775. The summed E-state index contributed by atoms with van der Waals surface area (Å²) in [5.41, 5.74) is 0.200. The first kappa shape index (κ1) is 22.0. The zero-order valence-corrected chi connectivity index (χ0v) is 18.3. The summed E-state index contributed by atoms with van der Waals surface area (Å²) in [6.45, 7) is 3.39. The van der Waals surface area contributed by atoms with Crippen molar-refractivity contribution in [3.63, 3.8) is 0 Å². The number of nitro benzene ring substituents is 1. The minimum atomic E-state index is -0.910.